The zero-order chi connectivity index (χ0) is 27.5. The third-order valence-corrected chi connectivity index (χ3v) is 8.27. The predicted octanol–water partition coefficient (Wildman–Crippen LogP) is 6.54. The third kappa shape index (κ3) is 5.55. The van der Waals surface area contributed by atoms with E-state index in [-0.39, 0.29) is 17.6 Å². The standard InChI is InChI=1S/C31H32Cl2N4O2/c1-3-30(38)37(25-13-14-26(32)27(33)21-25)24-15-17-34(18-16-24)19-20-35-28-11-7-8-12-29(28)36(31(35)39)22(2)23-9-5-4-6-10-23/h4-14,21,24H,2-3,15-20H2,1H3. The number of para-hydroxylation sites is 2. The number of hydrogen-bond acceptors (Lipinski definition) is 3. The number of amides is 1. The van der Waals surface area contributed by atoms with Gasteiger partial charge in [0, 0.05) is 44.3 Å². The summed E-state index contributed by atoms with van der Waals surface area (Å²) in [6, 6.07) is 23.1. The molecule has 39 heavy (non-hydrogen) atoms. The zero-order valence-corrected chi connectivity index (χ0v) is 23.5. The summed E-state index contributed by atoms with van der Waals surface area (Å²) in [4.78, 5) is 30.8. The summed E-state index contributed by atoms with van der Waals surface area (Å²) >= 11 is 12.4. The smallest absolute Gasteiger partial charge is 0.309 e. The minimum atomic E-state index is -0.0840. The highest BCUT2D eigenvalue weighted by atomic mass is 35.5. The molecule has 2 heterocycles. The van der Waals surface area contributed by atoms with E-state index in [1.165, 1.54) is 0 Å². The number of likely N-dealkylation sites (tertiary alicyclic amines) is 1. The van der Waals surface area contributed by atoms with Crippen LogP contribution in [0.25, 0.3) is 16.7 Å². The zero-order valence-electron chi connectivity index (χ0n) is 22.0. The number of carbonyl (C=O) groups excluding carboxylic acids is 1. The van der Waals surface area contributed by atoms with E-state index < -0.39 is 0 Å². The molecule has 1 aliphatic rings. The fraction of sp³-hybridized carbons (Fsp3) is 0.290. The van der Waals surface area contributed by atoms with Crippen LogP contribution in [0.4, 0.5) is 5.69 Å². The molecule has 4 aromatic rings. The number of hydrogen-bond donors (Lipinski definition) is 0. The number of anilines is 1. The van der Waals surface area contributed by atoms with Crippen LogP contribution in [0.3, 0.4) is 0 Å². The first-order valence-electron chi connectivity index (χ1n) is 13.3. The minimum Gasteiger partial charge on any atom is -0.309 e. The van der Waals surface area contributed by atoms with Crippen molar-refractivity contribution < 1.29 is 4.79 Å². The minimum absolute atomic E-state index is 0.0739. The molecule has 0 unspecified atom stereocenters. The van der Waals surface area contributed by atoms with Crippen molar-refractivity contribution in [1.82, 2.24) is 14.0 Å². The summed E-state index contributed by atoms with van der Waals surface area (Å²) in [5.74, 6) is 0.0739. The number of imidazole rings is 1. The number of nitrogens with zero attached hydrogens (tertiary/aromatic N) is 4. The second-order valence-corrected chi connectivity index (χ2v) is 10.7. The molecular formula is C31H32Cl2N4O2. The highest BCUT2D eigenvalue weighted by molar-refractivity contribution is 6.42. The van der Waals surface area contributed by atoms with Gasteiger partial charge < -0.3 is 9.80 Å². The predicted molar refractivity (Wildman–Crippen MR) is 161 cm³/mol. The van der Waals surface area contributed by atoms with Crippen molar-refractivity contribution in [2.24, 2.45) is 0 Å². The summed E-state index contributed by atoms with van der Waals surface area (Å²) in [6.45, 7) is 9.11. The lowest BCUT2D eigenvalue weighted by Gasteiger charge is -2.38. The van der Waals surface area contributed by atoms with Crippen LogP contribution in [-0.4, -0.2) is 45.6 Å². The second-order valence-electron chi connectivity index (χ2n) is 9.86. The monoisotopic (exact) mass is 562 g/mol. The quantitative estimate of drug-likeness (QED) is 0.245. The van der Waals surface area contributed by atoms with E-state index in [2.05, 4.69) is 11.5 Å². The van der Waals surface area contributed by atoms with E-state index in [1.54, 1.807) is 16.7 Å². The first kappa shape index (κ1) is 27.3. The Morgan fingerprint density at radius 1 is 0.923 bits per heavy atom. The van der Waals surface area contributed by atoms with Crippen LogP contribution in [0.2, 0.25) is 10.0 Å². The normalized spacial score (nSPS) is 14.5. The lowest BCUT2D eigenvalue weighted by atomic mass is 10.0. The van der Waals surface area contributed by atoms with Crippen molar-refractivity contribution in [3.8, 4) is 0 Å². The molecule has 0 aliphatic carbocycles. The van der Waals surface area contributed by atoms with Crippen LogP contribution in [0.5, 0.6) is 0 Å². The number of carbonyl (C=O) groups is 1. The average molecular weight is 564 g/mol. The molecule has 0 atom stereocenters. The van der Waals surface area contributed by atoms with Crippen molar-refractivity contribution in [2.75, 3.05) is 24.5 Å². The number of halogens is 2. The Labute approximate surface area is 238 Å². The Morgan fingerprint density at radius 3 is 2.26 bits per heavy atom. The van der Waals surface area contributed by atoms with E-state index >= 15 is 0 Å². The van der Waals surface area contributed by atoms with Gasteiger partial charge in [0.1, 0.15) is 0 Å². The number of piperidine rings is 1. The molecule has 6 nitrogen and oxygen atoms in total. The maximum atomic E-state index is 13.6. The first-order valence-corrected chi connectivity index (χ1v) is 14.1. The summed E-state index contributed by atoms with van der Waals surface area (Å²) in [7, 11) is 0. The summed E-state index contributed by atoms with van der Waals surface area (Å²) in [6.07, 6.45) is 2.10. The van der Waals surface area contributed by atoms with E-state index in [0.29, 0.717) is 28.7 Å². The maximum absolute atomic E-state index is 13.6. The van der Waals surface area contributed by atoms with Gasteiger partial charge in [-0.1, -0.05) is 79.2 Å². The Balaban J connectivity index is 1.30. The molecule has 3 aromatic carbocycles. The van der Waals surface area contributed by atoms with Gasteiger partial charge in [-0.2, -0.15) is 0 Å². The number of rotatable bonds is 8. The summed E-state index contributed by atoms with van der Waals surface area (Å²) in [5, 5.41) is 0.920. The largest absolute Gasteiger partial charge is 0.333 e. The van der Waals surface area contributed by atoms with E-state index in [1.807, 2.05) is 77.1 Å². The molecule has 1 aliphatic heterocycles. The molecule has 1 amide bonds. The van der Waals surface area contributed by atoms with Gasteiger partial charge in [0.05, 0.1) is 26.8 Å². The number of fused-ring (bicyclic) bond motifs is 1. The Bertz CT molecular complexity index is 1550. The van der Waals surface area contributed by atoms with Crippen LogP contribution < -0.4 is 10.6 Å². The molecular weight excluding hydrogens is 531 g/mol. The van der Waals surface area contributed by atoms with Crippen LogP contribution in [0, 0.1) is 0 Å². The third-order valence-electron chi connectivity index (χ3n) is 7.53. The van der Waals surface area contributed by atoms with Crippen LogP contribution >= 0.6 is 23.2 Å². The van der Waals surface area contributed by atoms with Gasteiger partial charge in [-0.15, -0.1) is 0 Å². The molecule has 0 saturated carbocycles. The molecule has 0 radical (unpaired) electrons. The van der Waals surface area contributed by atoms with Gasteiger partial charge in [-0.05, 0) is 48.7 Å². The van der Waals surface area contributed by atoms with Crippen LogP contribution in [-0.2, 0) is 11.3 Å². The summed E-state index contributed by atoms with van der Waals surface area (Å²) < 4.78 is 3.56. The van der Waals surface area contributed by atoms with E-state index in [4.69, 9.17) is 23.2 Å². The summed E-state index contributed by atoms with van der Waals surface area (Å²) in [5.41, 5.74) is 4.03. The molecule has 8 heteroatoms. The first-order chi connectivity index (χ1) is 18.9. The van der Waals surface area contributed by atoms with Crippen LogP contribution in [0.1, 0.15) is 31.7 Å². The molecule has 1 saturated heterocycles. The van der Waals surface area contributed by atoms with E-state index in [0.717, 1.165) is 54.8 Å². The molecule has 1 fully saturated rings. The van der Waals surface area contributed by atoms with Crippen molar-refractivity contribution in [3.05, 3.63) is 105 Å². The van der Waals surface area contributed by atoms with Gasteiger partial charge in [0.2, 0.25) is 5.91 Å². The molecule has 0 N–H and O–H groups in total. The fourth-order valence-electron chi connectivity index (χ4n) is 5.45. The second kappa shape index (κ2) is 11.8. The molecule has 1 aromatic heterocycles. The topological polar surface area (TPSA) is 50.5 Å². The molecule has 0 spiro atoms. The number of aromatic nitrogens is 2. The Kier molecular flexibility index (Phi) is 8.26. The Hall–Kier alpha value is -3.32. The molecule has 202 valence electrons. The lowest BCUT2D eigenvalue weighted by Crippen LogP contribution is -2.48. The number of benzene rings is 3. The SMILES string of the molecule is C=C(c1ccccc1)n1c(=O)n(CCN2CCC(N(C(=O)CC)c3ccc(Cl)c(Cl)c3)CC2)c2ccccc21. The van der Waals surface area contributed by atoms with Crippen molar-refractivity contribution in [3.63, 3.8) is 0 Å². The maximum Gasteiger partial charge on any atom is 0.333 e. The highest BCUT2D eigenvalue weighted by Crippen LogP contribution is 2.31. The average Bonchev–Trinajstić information content (AvgIpc) is 3.25. The van der Waals surface area contributed by atoms with Gasteiger partial charge in [0.25, 0.3) is 0 Å². The van der Waals surface area contributed by atoms with E-state index in [9.17, 15) is 9.59 Å². The Morgan fingerprint density at radius 2 is 1.59 bits per heavy atom. The van der Waals surface area contributed by atoms with Crippen molar-refractivity contribution in [1.29, 1.82) is 0 Å². The molecule has 0 bridgehead atoms. The lowest BCUT2D eigenvalue weighted by molar-refractivity contribution is -0.119. The van der Waals surface area contributed by atoms with Gasteiger partial charge in [0.15, 0.2) is 0 Å². The van der Waals surface area contributed by atoms with Crippen molar-refractivity contribution in [2.45, 2.75) is 38.8 Å². The van der Waals surface area contributed by atoms with Gasteiger partial charge >= 0.3 is 5.69 Å². The van der Waals surface area contributed by atoms with Gasteiger partial charge in [-0.3, -0.25) is 13.9 Å². The van der Waals surface area contributed by atoms with Crippen molar-refractivity contribution >= 4 is 51.5 Å². The van der Waals surface area contributed by atoms with Crippen LogP contribution in [0.15, 0.2) is 84.2 Å². The highest BCUT2D eigenvalue weighted by Gasteiger charge is 2.29. The van der Waals surface area contributed by atoms with Gasteiger partial charge in [-0.25, -0.2) is 4.79 Å². The fourth-order valence-corrected chi connectivity index (χ4v) is 5.74. The molecule has 5 rings (SSSR count).